The zero-order valence-corrected chi connectivity index (χ0v) is 9.99. The van der Waals surface area contributed by atoms with Crippen LogP contribution in [-0.4, -0.2) is 35.2 Å². The van der Waals surface area contributed by atoms with Gasteiger partial charge in [0.05, 0.1) is 19.1 Å². The Labute approximate surface area is 102 Å². The molecule has 4 nitrogen and oxygen atoms in total. The zero-order valence-electron chi connectivity index (χ0n) is 9.99. The van der Waals surface area contributed by atoms with Gasteiger partial charge in [0.2, 0.25) is 0 Å². The summed E-state index contributed by atoms with van der Waals surface area (Å²) >= 11 is 0. The second kappa shape index (κ2) is 5.43. The molecular formula is C11H14F3NO3. The Morgan fingerprint density at radius 3 is 2.50 bits per heavy atom. The minimum Gasteiger partial charge on any atom is -0.480 e. The van der Waals surface area contributed by atoms with Crippen LogP contribution in [0.4, 0.5) is 13.2 Å². The number of aryl methyl sites for hydroxylation is 1. The number of aliphatic carboxylic acids is 1. The van der Waals surface area contributed by atoms with Crippen LogP contribution in [0.3, 0.4) is 0 Å². The topological polar surface area (TPSA) is 53.7 Å². The lowest BCUT2D eigenvalue weighted by Gasteiger charge is -2.26. The van der Waals surface area contributed by atoms with Gasteiger partial charge < -0.3 is 9.52 Å². The van der Waals surface area contributed by atoms with Crippen LogP contribution in [0.25, 0.3) is 0 Å². The molecule has 1 aromatic heterocycles. The Morgan fingerprint density at radius 2 is 2.11 bits per heavy atom. The van der Waals surface area contributed by atoms with Crippen LogP contribution in [0.15, 0.2) is 16.5 Å². The van der Waals surface area contributed by atoms with Crippen molar-refractivity contribution >= 4 is 5.97 Å². The van der Waals surface area contributed by atoms with E-state index in [9.17, 15) is 18.0 Å². The number of carboxylic acids is 1. The van der Waals surface area contributed by atoms with Crippen LogP contribution < -0.4 is 0 Å². The van der Waals surface area contributed by atoms with Crippen molar-refractivity contribution in [3.05, 3.63) is 23.7 Å². The highest BCUT2D eigenvalue weighted by Gasteiger charge is 2.34. The fraction of sp³-hybridized carbons (Fsp3) is 0.545. The number of carboxylic acid groups (broad SMARTS) is 1. The summed E-state index contributed by atoms with van der Waals surface area (Å²) in [5.74, 6) is -0.425. The molecule has 0 fully saturated rings. The van der Waals surface area contributed by atoms with Gasteiger partial charge in [0.25, 0.3) is 0 Å². The van der Waals surface area contributed by atoms with E-state index in [-0.39, 0.29) is 0 Å². The second-order valence-electron chi connectivity index (χ2n) is 4.04. The number of hydrogen-bond donors (Lipinski definition) is 1. The van der Waals surface area contributed by atoms with Crippen molar-refractivity contribution in [3.8, 4) is 0 Å². The van der Waals surface area contributed by atoms with E-state index < -0.39 is 31.3 Å². The monoisotopic (exact) mass is 265 g/mol. The van der Waals surface area contributed by atoms with E-state index in [4.69, 9.17) is 9.52 Å². The first-order valence-electron chi connectivity index (χ1n) is 5.28. The Morgan fingerprint density at radius 1 is 1.50 bits per heavy atom. The first kappa shape index (κ1) is 14.6. The van der Waals surface area contributed by atoms with Crippen molar-refractivity contribution < 1.29 is 27.5 Å². The molecule has 18 heavy (non-hydrogen) atoms. The van der Waals surface area contributed by atoms with Crippen molar-refractivity contribution in [2.24, 2.45) is 0 Å². The normalized spacial score (nSPS) is 13.9. The summed E-state index contributed by atoms with van der Waals surface area (Å²) in [6.45, 7) is 1.16. The highest BCUT2D eigenvalue weighted by molar-refractivity contribution is 5.69. The van der Waals surface area contributed by atoms with Crippen LogP contribution in [0.2, 0.25) is 0 Å². The first-order valence-corrected chi connectivity index (χ1v) is 5.28. The first-order chi connectivity index (χ1) is 8.19. The van der Waals surface area contributed by atoms with Gasteiger partial charge in [0, 0.05) is 0 Å². The molecule has 1 atom stereocenters. The third-order valence-corrected chi connectivity index (χ3v) is 2.44. The minimum atomic E-state index is -4.45. The Kier molecular flexibility index (Phi) is 4.39. The summed E-state index contributed by atoms with van der Waals surface area (Å²) in [5, 5.41) is 8.64. The number of carbonyl (C=O) groups is 1. The van der Waals surface area contributed by atoms with Crippen molar-refractivity contribution in [1.29, 1.82) is 0 Å². The van der Waals surface area contributed by atoms with E-state index in [1.165, 1.54) is 6.92 Å². The summed E-state index contributed by atoms with van der Waals surface area (Å²) < 4.78 is 42.3. The molecule has 1 N–H and O–H groups in total. The standard InChI is InChI=1S/C11H14F3NO3/c1-7-3-4-9(18-7)8(2)15(5-10(16)17)6-11(12,13)14/h3-4,8H,5-6H2,1-2H3,(H,16,17). The van der Waals surface area contributed by atoms with Gasteiger partial charge in [-0.3, -0.25) is 9.69 Å². The van der Waals surface area contributed by atoms with Gasteiger partial charge in [-0.15, -0.1) is 0 Å². The average Bonchev–Trinajstić information content (AvgIpc) is 2.59. The number of halogens is 3. The van der Waals surface area contributed by atoms with E-state index in [2.05, 4.69) is 0 Å². The van der Waals surface area contributed by atoms with Crippen molar-refractivity contribution in [2.75, 3.05) is 13.1 Å². The third-order valence-electron chi connectivity index (χ3n) is 2.44. The van der Waals surface area contributed by atoms with Gasteiger partial charge >= 0.3 is 12.1 Å². The minimum absolute atomic E-state index is 0.318. The fourth-order valence-electron chi connectivity index (χ4n) is 1.59. The van der Waals surface area contributed by atoms with Crippen LogP contribution >= 0.6 is 0 Å². The molecule has 1 rings (SSSR count). The molecule has 0 saturated heterocycles. The van der Waals surface area contributed by atoms with Crippen LogP contribution in [0.5, 0.6) is 0 Å². The molecule has 0 radical (unpaired) electrons. The van der Waals surface area contributed by atoms with Crippen molar-refractivity contribution in [1.82, 2.24) is 4.90 Å². The van der Waals surface area contributed by atoms with Crippen LogP contribution in [0, 0.1) is 6.92 Å². The van der Waals surface area contributed by atoms with Crippen molar-refractivity contribution in [2.45, 2.75) is 26.1 Å². The molecule has 0 saturated carbocycles. The predicted octanol–water partition coefficient (Wildman–Crippen LogP) is 2.60. The van der Waals surface area contributed by atoms with Crippen LogP contribution in [-0.2, 0) is 4.79 Å². The number of nitrogens with zero attached hydrogens (tertiary/aromatic N) is 1. The van der Waals surface area contributed by atoms with E-state index >= 15 is 0 Å². The number of rotatable bonds is 5. The largest absolute Gasteiger partial charge is 0.480 e. The summed E-state index contributed by atoms with van der Waals surface area (Å²) in [6, 6.07) is 2.42. The van der Waals surface area contributed by atoms with E-state index in [0.29, 0.717) is 11.5 Å². The van der Waals surface area contributed by atoms with Crippen LogP contribution in [0.1, 0.15) is 24.5 Å². The lowest BCUT2D eigenvalue weighted by Crippen LogP contribution is -2.39. The van der Waals surface area contributed by atoms with E-state index in [1.54, 1.807) is 19.1 Å². The third kappa shape index (κ3) is 4.40. The number of alkyl halides is 3. The molecular weight excluding hydrogens is 251 g/mol. The van der Waals surface area contributed by atoms with Gasteiger partial charge in [-0.05, 0) is 26.0 Å². The maximum Gasteiger partial charge on any atom is 0.401 e. The SMILES string of the molecule is Cc1ccc(C(C)N(CC(=O)O)CC(F)(F)F)o1. The smallest absolute Gasteiger partial charge is 0.401 e. The highest BCUT2D eigenvalue weighted by atomic mass is 19.4. The second-order valence-corrected chi connectivity index (χ2v) is 4.04. The molecule has 0 bridgehead atoms. The summed E-state index contributed by atoms with van der Waals surface area (Å²) in [4.78, 5) is 11.4. The Balaban J connectivity index is 2.84. The van der Waals surface area contributed by atoms with Gasteiger partial charge in [-0.2, -0.15) is 13.2 Å². The summed E-state index contributed by atoms with van der Waals surface area (Å²) in [6.07, 6.45) is -4.45. The average molecular weight is 265 g/mol. The predicted molar refractivity (Wildman–Crippen MR) is 57.1 cm³/mol. The quantitative estimate of drug-likeness (QED) is 0.889. The summed E-state index contributed by atoms with van der Waals surface area (Å²) in [5.41, 5.74) is 0. The van der Waals surface area contributed by atoms with Crippen molar-refractivity contribution in [3.63, 3.8) is 0 Å². The lowest BCUT2D eigenvalue weighted by atomic mass is 10.2. The molecule has 1 aromatic rings. The molecule has 1 heterocycles. The highest BCUT2D eigenvalue weighted by Crippen LogP contribution is 2.26. The maximum absolute atomic E-state index is 12.4. The van der Waals surface area contributed by atoms with Gasteiger partial charge in [-0.25, -0.2) is 0 Å². The maximum atomic E-state index is 12.4. The molecule has 0 aliphatic carbocycles. The van der Waals surface area contributed by atoms with E-state index in [0.717, 1.165) is 4.90 Å². The molecule has 0 spiro atoms. The fourth-order valence-corrected chi connectivity index (χ4v) is 1.59. The molecule has 0 amide bonds. The Hall–Kier alpha value is -1.50. The lowest BCUT2D eigenvalue weighted by molar-refractivity contribution is -0.158. The van der Waals surface area contributed by atoms with E-state index in [1.807, 2.05) is 0 Å². The Bertz CT molecular complexity index is 414. The molecule has 1 unspecified atom stereocenters. The van der Waals surface area contributed by atoms with Gasteiger partial charge in [0.1, 0.15) is 11.5 Å². The molecule has 102 valence electrons. The number of furan rings is 1. The molecule has 0 aliphatic heterocycles. The molecule has 7 heteroatoms. The molecule has 0 aromatic carbocycles. The molecule has 0 aliphatic rings. The summed E-state index contributed by atoms with van der Waals surface area (Å²) in [7, 11) is 0. The number of hydrogen-bond acceptors (Lipinski definition) is 3. The van der Waals surface area contributed by atoms with Gasteiger partial charge in [0.15, 0.2) is 0 Å². The zero-order chi connectivity index (χ0) is 13.9. The van der Waals surface area contributed by atoms with Gasteiger partial charge in [-0.1, -0.05) is 0 Å².